The number of nitrogens with one attached hydrogen (secondary N) is 1. The van der Waals surface area contributed by atoms with Crippen LogP contribution in [0.1, 0.15) is 25.7 Å². The Morgan fingerprint density at radius 2 is 2.00 bits per heavy atom. The van der Waals surface area contributed by atoms with E-state index in [1.807, 2.05) is 0 Å². The van der Waals surface area contributed by atoms with E-state index >= 15 is 0 Å². The van der Waals surface area contributed by atoms with Gasteiger partial charge in [-0.3, -0.25) is 9.69 Å². The summed E-state index contributed by atoms with van der Waals surface area (Å²) in [5, 5.41) is 12.2. The molecule has 2 rings (SSSR count). The average molecular weight is 198 g/mol. The van der Waals surface area contributed by atoms with E-state index in [4.69, 9.17) is 0 Å². The maximum atomic E-state index is 11.3. The first-order chi connectivity index (χ1) is 6.70. The van der Waals surface area contributed by atoms with Gasteiger partial charge in [0.2, 0.25) is 5.91 Å². The molecule has 4 nitrogen and oxygen atoms in total. The molecule has 14 heavy (non-hydrogen) atoms. The van der Waals surface area contributed by atoms with E-state index in [-0.39, 0.29) is 12.0 Å². The second-order valence-corrected chi connectivity index (χ2v) is 4.36. The van der Waals surface area contributed by atoms with Crippen LogP contribution in [0.5, 0.6) is 0 Å². The summed E-state index contributed by atoms with van der Waals surface area (Å²) in [6.07, 6.45) is 3.81. The highest BCUT2D eigenvalue weighted by Crippen LogP contribution is 2.35. The Bertz CT molecular complexity index is 218. The van der Waals surface area contributed by atoms with Crippen LogP contribution in [0.3, 0.4) is 0 Å². The van der Waals surface area contributed by atoms with Crippen molar-refractivity contribution in [1.29, 1.82) is 0 Å². The lowest BCUT2D eigenvalue weighted by Gasteiger charge is -2.36. The first-order valence-corrected chi connectivity index (χ1v) is 5.35. The summed E-state index contributed by atoms with van der Waals surface area (Å²) in [5.41, 5.74) is 0. The van der Waals surface area contributed by atoms with Gasteiger partial charge in [0.15, 0.2) is 0 Å². The molecule has 2 bridgehead atoms. The zero-order valence-corrected chi connectivity index (χ0v) is 8.57. The predicted molar refractivity (Wildman–Crippen MR) is 52.8 cm³/mol. The second-order valence-electron chi connectivity index (χ2n) is 4.36. The topological polar surface area (TPSA) is 52.6 Å². The molecule has 1 amide bonds. The molecule has 0 aromatic heterocycles. The molecule has 2 heterocycles. The minimum absolute atomic E-state index is 0.0817. The summed E-state index contributed by atoms with van der Waals surface area (Å²) < 4.78 is 0. The van der Waals surface area contributed by atoms with Crippen molar-refractivity contribution in [1.82, 2.24) is 10.2 Å². The normalized spacial score (nSPS) is 37.1. The number of hydrogen-bond donors (Lipinski definition) is 2. The van der Waals surface area contributed by atoms with Gasteiger partial charge in [0, 0.05) is 19.1 Å². The number of hydrogen-bond acceptors (Lipinski definition) is 3. The number of carbonyl (C=O) groups excluding carboxylic acids is 1. The number of amides is 1. The molecule has 2 unspecified atom stereocenters. The first kappa shape index (κ1) is 9.93. The van der Waals surface area contributed by atoms with Gasteiger partial charge in [-0.05, 0) is 25.7 Å². The number of piperidine rings is 1. The van der Waals surface area contributed by atoms with E-state index in [2.05, 4.69) is 10.2 Å². The molecule has 2 N–H and O–H groups in total. The number of likely N-dealkylation sites (N-methyl/N-ethyl adjacent to an activating group) is 1. The van der Waals surface area contributed by atoms with E-state index in [1.54, 1.807) is 7.05 Å². The third-order valence-electron chi connectivity index (χ3n) is 3.46. The molecule has 0 radical (unpaired) electrons. The molecule has 2 saturated heterocycles. The Morgan fingerprint density at radius 1 is 1.43 bits per heavy atom. The van der Waals surface area contributed by atoms with Crippen LogP contribution in [-0.4, -0.2) is 47.7 Å². The van der Waals surface area contributed by atoms with Gasteiger partial charge in [0.25, 0.3) is 0 Å². The highest BCUT2D eigenvalue weighted by atomic mass is 16.3. The van der Waals surface area contributed by atoms with E-state index < -0.39 is 0 Å². The standard InChI is InChI=1S/C10H18N2O2/c1-11-10(14)6-12-7-2-3-8(12)5-9(13)4-7/h7-9,13H,2-6H2,1H3,(H,11,14). The smallest absolute Gasteiger partial charge is 0.233 e. The van der Waals surface area contributed by atoms with Crippen molar-refractivity contribution in [3.05, 3.63) is 0 Å². The number of nitrogens with zero attached hydrogens (tertiary/aromatic N) is 1. The van der Waals surface area contributed by atoms with Crippen molar-refractivity contribution in [3.8, 4) is 0 Å². The number of fused-ring (bicyclic) bond motifs is 2. The molecule has 0 aliphatic carbocycles. The summed E-state index contributed by atoms with van der Waals surface area (Å²) in [4.78, 5) is 13.5. The zero-order chi connectivity index (χ0) is 10.1. The lowest BCUT2D eigenvalue weighted by Crippen LogP contribution is -2.48. The molecular weight excluding hydrogens is 180 g/mol. The maximum Gasteiger partial charge on any atom is 0.233 e. The molecule has 2 atom stereocenters. The summed E-state index contributed by atoms with van der Waals surface area (Å²) in [6.45, 7) is 0.499. The van der Waals surface area contributed by atoms with Gasteiger partial charge in [-0.25, -0.2) is 0 Å². The van der Waals surface area contributed by atoms with Crippen molar-refractivity contribution in [3.63, 3.8) is 0 Å². The van der Waals surface area contributed by atoms with E-state index in [1.165, 1.54) is 0 Å². The molecule has 0 saturated carbocycles. The van der Waals surface area contributed by atoms with Crippen LogP contribution >= 0.6 is 0 Å². The highest BCUT2D eigenvalue weighted by Gasteiger charge is 2.40. The molecule has 4 heteroatoms. The molecular formula is C10H18N2O2. The number of rotatable bonds is 2. The van der Waals surface area contributed by atoms with Gasteiger partial charge in [-0.2, -0.15) is 0 Å². The van der Waals surface area contributed by atoms with Crippen LogP contribution < -0.4 is 5.32 Å². The zero-order valence-electron chi connectivity index (χ0n) is 8.57. The number of aliphatic hydroxyl groups is 1. The van der Waals surface area contributed by atoms with Crippen LogP contribution in [0.2, 0.25) is 0 Å². The summed E-state index contributed by atoms with van der Waals surface area (Å²) >= 11 is 0. The summed E-state index contributed by atoms with van der Waals surface area (Å²) in [6, 6.07) is 0.863. The lowest BCUT2D eigenvalue weighted by atomic mass is 10.00. The number of aliphatic hydroxyl groups excluding tert-OH is 1. The van der Waals surface area contributed by atoms with E-state index in [0.717, 1.165) is 25.7 Å². The Balaban J connectivity index is 1.97. The lowest BCUT2D eigenvalue weighted by molar-refractivity contribution is -0.123. The SMILES string of the molecule is CNC(=O)CN1C2CCC1CC(O)C2. The fourth-order valence-electron chi connectivity index (χ4n) is 2.75. The van der Waals surface area contributed by atoms with Gasteiger partial charge in [-0.15, -0.1) is 0 Å². The largest absolute Gasteiger partial charge is 0.393 e. The average Bonchev–Trinajstić information content (AvgIpc) is 2.41. The molecule has 80 valence electrons. The molecule has 0 aromatic carbocycles. The highest BCUT2D eigenvalue weighted by molar-refractivity contribution is 5.77. The Kier molecular flexibility index (Phi) is 2.74. The van der Waals surface area contributed by atoms with Gasteiger partial charge >= 0.3 is 0 Å². The van der Waals surface area contributed by atoms with Gasteiger partial charge in [0.1, 0.15) is 0 Å². The fourth-order valence-corrected chi connectivity index (χ4v) is 2.75. The van der Waals surface area contributed by atoms with Crippen molar-refractivity contribution in [2.24, 2.45) is 0 Å². The van der Waals surface area contributed by atoms with Gasteiger partial charge in [0.05, 0.1) is 12.6 Å². The monoisotopic (exact) mass is 198 g/mol. The molecule has 0 spiro atoms. The third kappa shape index (κ3) is 1.77. The minimum Gasteiger partial charge on any atom is -0.393 e. The van der Waals surface area contributed by atoms with Crippen LogP contribution in [0.25, 0.3) is 0 Å². The fraction of sp³-hybridized carbons (Fsp3) is 0.900. The van der Waals surface area contributed by atoms with E-state index in [9.17, 15) is 9.90 Å². The Labute approximate surface area is 84.3 Å². The van der Waals surface area contributed by atoms with E-state index in [0.29, 0.717) is 18.6 Å². The molecule has 0 aromatic rings. The maximum absolute atomic E-state index is 11.3. The van der Waals surface area contributed by atoms with Crippen LogP contribution in [0.4, 0.5) is 0 Å². The third-order valence-corrected chi connectivity index (χ3v) is 3.46. The van der Waals surface area contributed by atoms with Crippen molar-refractivity contribution >= 4 is 5.91 Å². The molecule has 2 aliphatic heterocycles. The first-order valence-electron chi connectivity index (χ1n) is 5.35. The Morgan fingerprint density at radius 3 is 2.50 bits per heavy atom. The van der Waals surface area contributed by atoms with Crippen molar-refractivity contribution in [2.75, 3.05) is 13.6 Å². The van der Waals surface area contributed by atoms with Gasteiger partial charge in [-0.1, -0.05) is 0 Å². The summed E-state index contributed by atoms with van der Waals surface area (Å²) in [7, 11) is 1.67. The molecule has 2 aliphatic rings. The quantitative estimate of drug-likeness (QED) is 0.641. The minimum atomic E-state index is -0.145. The van der Waals surface area contributed by atoms with Crippen LogP contribution in [0.15, 0.2) is 0 Å². The van der Waals surface area contributed by atoms with Crippen molar-refractivity contribution in [2.45, 2.75) is 43.9 Å². The molecule has 2 fully saturated rings. The Hall–Kier alpha value is -0.610. The van der Waals surface area contributed by atoms with Crippen molar-refractivity contribution < 1.29 is 9.90 Å². The number of carbonyl (C=O) groups is 1. The summed E-state index contributed by atoms with van der Waals surface area (Å²) in [5.74, 6) is 0.0817. The van der Waals surface area contributed by atoms with Gasteiger partial charge < -0.3 is 10.4 Å². The second kappa shape index (κ2) is 3.87. The predicted octanol–water partition coefficient (Wildman–Crippen LogP) is -0.280. The van der Waals surface area contributed by atoms with Crippen LogP contribution in [0, 0.1) is 0 Å². The van der Waals surface area contributed by atoms with Crippen LogP contribution in [-0.2, 0) is 4.79 Å².